The maximum absolute atomic E-state index is 12.1. The number of carbonyl (C=O) groups excluding carboxylic acids is 2. The highest BCUT2D eigenvalue weighted by Gasteiger charge is 2.09. The summed E-state index contributed by atoms with van der Waals surface area (Å²) in [6, 6.07) is 7.18. The van der Waals surface area contributed by atoms with Crippen LogP contribution in [-0.4, -0.2) is 17.9 Å². The summed E-state index contributed by atoms with van der Waals surface area (Å²) in [5.74, 6) is -0.0886. The number of carbonyl (C=O) groups is 2. The van der Waals surface area contributed by atoms with Crippen LogP contribution in [0.15, 0.2) is 24.3 Å². The van der Waals surface area contributed by atoms with Crippen molar-refractivity contribution in [2.45, 2.75) is 65.3 Å². The monoisotopic (exact) mass is 304 g/mol. The third-order valence-corrected chi connectivity index (χ3v) is 3.62. The van der Waals surface area contributed by atoms with Crippen molar-refractivity contribution in [1.82, 2.24) is 5.32 Å². The second kappa shape index (κ2) is 9.98. The van der Waals surface area contributed by atoms with Crippen molar-refractivity contribution in [3.63, 3.8) is 0 Å². The first kappa shape index (κ1) is 18.2. The average Bonchev–Trinajstić information content (AvgIpc) is 2.52. The Balaban J connectivity index is 2.43. The van der Waals surface area contributed by atoms with E-state index in [-0.39, 0.29) is 17.9 Å². The summed E-state index contributed by atoms with van der Waals surface area (Å²) in [5.41, 5.74) is 1.34. The van der Waals surface area contributed by atoms with Crippen LogP contribution in [0.1, 0.15) is 69.7 Å². The molecule has 0 spiro atoms. The van der Waals surface area contributed by atoms with Gasteiger partial charge in [0.25, 0.3) is 5.91 Å². The van der Waals surface area contributed by atoms with Gasteiger partial charge in [-0.25, -0.2) is 0 Å². The molecule has 2 N–H and O–H groups in total. The van der Waals surface area contributed by atoms with Crippen molar-refractivity contribution in [3.05, 3.63) is 29.8 Å². The van der Waals surface area contributed by atoms with Gasteiger partial charge in [-0.15, -0.1) is 0 Å². The summed E-state index contributed by atoms with van der Waals surface area (Å²) >= 11 is 0. The molecule has 1 atom stereocenters. The van der Waals surface area contributed by atoms with Gasteiger partial charge < -0.3 is 10.6 Å². The lowest BCUT2D eigenvalue weighted by Crippen LogP contribution is -2.32. The average molecular weight is 304 g/mol. The molecule has 0 saturated heterocycles. The second-order valence-electron chi connectivity index (χ2n) is 5.70. The first-order valence-corrected chi connectivity index (χ1v) is 8.27. The van der Waals surface area contributed by atoms with Crippen molar-refractivity contribution in [2.75, 3.05) is 5.32 Å². The fourth-order valence-electron chi connectivity index (χ4n) is 2.21. The number of anilines is 1. The standard InChI is InChI=1S/C18H28N2O2/c1-4-6-7-8-9-14(3)19-18(22)15-10-12-16(13-11-15)20-17(21)5-2/h10-14H,4-9H2,1-3H3,(H,19,22)(H,20,21). The molecule has 1 aromatic carbocycles. The molecule has 0 saturated carbocycles. The van der Waals surface area contributed by atoms with Crippen LogP contribution in [0.4, 0.5) is 5.69 Å². The fraction of sp³-hybridized carbons (Fsp3) is 0.556. The first-order chi connectivity index (χ1) is 10.6. The van der Waals surface area contributed by atoms with E-state index < -0.39 is 0 Å². The summed E-state index contributed by atoms with van der Waals surface area (Å²) in [4.78, 5) is 23.4. The van der Waals surface area contributed by atoms with E-state index in [2.05, 4.69) is 17.6 Å². The van der Waals surface area contributed by atoms with Gasteiger partial charge in [0.1, 0.15) is 0 Å². The van der Waals surface area contributed by atoms with Crippen LogP contribution >= 0.6 is 0 Å². The number of nitrogens with one attached hydrogen (secondary N) is 2. The minimum Gasteiger partial charge on any atom is -0.350 e. The zero-order valence-electron chi connectivity index (χ0n) is 13.9. The lowest BCUT2D eigenvalue weighted by Gasteiger charge is -2.14. The number of benzene rings is 1. The Kier molecular flexibility index (Phi) is 8.26. The quantitative estimate of drug-likeness (QED) is 0.674. The first-order valence-electron chi connectivity index (χ1n) is 8.27. The Morgan fingerprint density at radius 2 is 1.73 bits per heavy atom. The molecular weight excluding hydrogens is 276 g/mol. The lowest BCUT2D eigenvalue weighted by molar-refractivity contribution is -0.115. The van der Waals surface area contributed by atoms with E-state index in [0.717, 1.165) is 18.5 Å². The zero-order chi connectivity index (χ0) is 16.4. The summed E-state index contributed by atoms with van der Waals surface area (Å²) in [7, 11) is 0. The van der Waals surface area contributed by atoms with Crippen LogP contribution in [-0.2, 0) is 4.79 Å². The molecule has 4 heteroatoms. The molecule has 1 aromatic rings. The van der Waals surface area contributed by atoms with Gasteiger partial charge in [-0.3, -0.25) is 9.59 Å². The van der Waals surface area contributed by atoms with Crippen LogP contribution in [0.3, 0.4) is 0 Å². The van der Waals surface area contributed by atoms with E-state index in [1.54, 1.807) is 31.2 Å². The van der Waals surface area contributed by atoms with Gasteiger partial charge in [0.2, 0.25) is 5.91 Å². The van der Waals surface area contributed by atoms with E-state index in [1.807, 2.05) is 6.92 Å². The molecule has 0 radical (unpaired) electrons. The predicted molar refractivity (Wildman–Crippen MR) is 91.0 cm³/mol. The summed E-state index contributed by atoms with van der Waals surface area (Å²) in [6.45, 7) is 6.04. The highest BCUT2D eigenvalue weighted by Crippen LogP contribution is 2.11. The van der Waals surface area contributed by atoms with E-state index in [9.17, 15) is 9.59 Å². The third-order valence-electron chi connectivity index (χ3n) is 3.62. The number of rotatable bonds is 9. The molecule has 0 aliphatic carbocycles. The Morgan fingerprint density at radius 1 is 1.05 bits per heavy atom. The Bertz CT molecular complexity index is 468. The van der Waals surface area contributed by atoms with E-state index in [0.29, 0.717) is 12.0 Å². The number of unbranched alkanes of at least 4 members (excludes halogenated alkanes) is 3. The third kappa shape index (κ3) is 6.74. The van der Waals surface area contributed by atoms with E-state index >= 15 is 0 Å². The smallest absolute Gasteiger partial charge is 0.251 e. The maximum Gasteiger partial charge on any atom is 0.251 e. The predicted octanol–water partition coefficient (Wildman–Crippen LogP) is 4.12. The summed E-state index contributed by atoms with van der Waals surface area (Å²) in [6.07, 6.45) is 6.31. The SMILES string of the molecule is CCCCCCC(C)NC(=O)c1ccc(NC(=O)CC)cc1. The van der Waals surface area contributed by atoms with E-state index in [1.165, 1.54) is 19.3 Å². The minimum atomic E-state index is -0.0589. The molecule has 0 aliphatic heterocycles. The van der Waals surface area contributed by atoms with Crippen molar-refractivity contribution in [2.24, 2.45) is 0 Å². The zero-order valence-corrected chi connectivity index (χ0v) is 13.9. The van der Waals surface area contributed by atoms with Crippen molar-refractivity contribution in [1.29, 1.82) is 0 Å². The van der Waals surface area contributed by atoms with Crippen molar-refractivity contribution in [3.8, 4) is 0 Å². The number of hydrogen-bond acceptors (Lipinski definition) is 2. The minimum absolute atomic E-state index is 0.0297. The molecule has 122 valence electrons. The van der Waals surface area contributed by atoms with Crippen LogP contribution in [0.25, 0.3) is 0 Å². The molecule has 0 fully saturated rings. The molecule has 0 aromatic heterocycles. The van der Waals surface area contributed by atoms with Gasteiger partial charge in [0, 0.05) is 23.7 Å². The molecule has 2 amide bonds. The van der Waals surface area contributed by atoms with E-state index in [4.69, 9.17) is 0 Å². The van der Waals surface area contributed by atoms with Gasteiger partial charge in [-0.2, -0.15) is 0 Å². The number of amides is 2. The van der Waals surface area contributed by atoms with Gasteiger partial charge in [-0.1, -0.05) is 39.5 Å². The van der Waals surface area contributed by atoms with Gasteiger partial charge in [0.05, 0.1) is 0 Å². The number of hydrogen-bond donors (Lipinski definition) is 2. The van der Waals surface area contributed by atoms with Crippen LogP contribution < -0.4 is 10.6 Å². The second-order valence-corrected chi connectivity index (χ2v) is 5.70. The Labute approximate surface area is 133 Å². The van der Waals surface area contributed by atoms with Crippen LogP contribution in [0.5, 0.6) is 0 Å². The normalized spacial score (nSPS) is 11.8. The molecule has 1 rings (SSSR count). The lowest BCUT2D eigenvalue weighted by atomic mass is 10.1. The Morgan fingerprint density at radius 3 is 2.32 bits per heavy atom. The molecule has 1 unspecified atom stereocenters. The highest BCUT2D eigenvalue weighted by molar-refractivity contribution is 5.95. The topological polar surface area (TPSA) is 58.2 Å². The molecule has 4 nitrogen and oxygen atoms in total. The molecule has 0 bridgehead atoms. The van der Waals surface area contributed by atoms with Crippen LogP contribution in [0, 0.1) is 0 Å². The van der Waals surface area contributed by atoms with Gasteiger partial charge >= 0.3 is 0 Å². The van der Waals surface area contributed by atoms with Crippen LogP contribution in [0.2, 0.25) is 0 Å². The maximum atomic E-state index is 12.1. The largest absolute Gasteiger partial charge is 0.350 e. The molecular formula is C18H28N2O2. The summed E-state index contributed by atoms with van der Waals surface area (Å²) < 4.78 is 0. The molecule has 0 aliphatic rings. The summed E-state index contributed by atoms with van der Waals surface area (Å²) in [5, 5.41) is 5.79. The van der Waals surface area contributed by atoms with Gasteiger partial charge in [-0.05, 0) is 37.6 Å². The molecule has 22 heavy (non-hydrogen) atoms. The highest BCUT2D eigenvalue weighted by atomic mass is 16.2. The van der Waals surface area contributed by atoms with Crippen molar-refractivity contribution < 1.29 is 9.59 Å². The van der Waals surface area contributed by atoms with Gasteiger partial charge in [0.15, 0.2) is 0 Å². The fourth-order valence-corrected chi connectivity index (χ4v) is 2.21. The Hall–Kier alpha value is -1.84. The van der Waals surface area contributed by atoms with Crippen molar-refractivity contribution >= 4 is 17.5 Å². The molecule has 0 heterocycles.